The largest absolute Gasteiger partial charge is 0.372 e. The van der Waals surface area contributed by atoms with Gasteiger partial charge in [-0.2, -0.15) is 0 Å². The first-order chi connectivity index (χ1) is 11.1. The molecule has 0 saturated heterocycles. The third kappa shape index (κ3) is 4.79. The molecule has 0 aliphatic carbocycles. The number of benzene rings is 2. The van der Waals surface area contributed by atoms with Crippen LogP contribution in [0.2, 0.25) is 0 Å². The lowest BCUT2D eigenvalue weighted by Gasteiger charge is -2.21. The second kappa shape index (κ2) is 8.29. The fourth-order valence-corrected chi connectivity index (χ4v) is 2.41. The molecule has 0 fully saturated rings. The van der Waals surface area contributed by atoms with Crippen molar-refractivity contribution < 1.29 is 4.79 Å². The minimum atomic E-state index is -0.320. The molecule has 2 N–H and O–H groups in total. The number of nitrogens with one attached hydrogen (secondary N) is 2. The van der Waals surface area contributed by atoms with Gasteiger partial charge in [-0.1, -0.05) is 30.4 Å². The van der Waals surface area contributed by atoms with Crippen LogP contribution in [0.15, 0.2) is 54.6 Å². The van der Waals surface area contributed by atoms with Crippen molar-refractivity contribution in [1.29, 1.82) is 0 Å². The van der Waals surface area contributed by atoms with Crippen LogP contribution in [0.25, 0.3) is 0 Å². The van der Waals surface area contributed by atoms with Gasteiger partial charge in [0.25, 0.3) is 5.91 Å². The van der Waals surface area contributed by atoms with E-state index in [2.05, 4.69) is 29.4 Å². The maximum atomic E-state index is 12.1. The van der Waals surface area contributed by atoms with Crippen LogP contribution >= 0.6 is 12.2 Å². The molecule has 0 spiro atoms. The molecule has 0 aliphatic rings. The fourth-order valence-electron chi connectivity index (χ4n) is 2.24. The summed E-state index contributed by atoms with van der Waals surface area (Å²) in [5, 5.41) is 5.72. The van der Waals surface area contributed by atoms with Gasteiger partial charge in [-0.3, -0.25) is 4.79 Å². The summed E-state index contributed by atoms with van der Waals surface area (Å²) >= 11 is 5.15. The zero-order chi connectivity index (χ0) is 16.7. The Balaban J connectivity index is 1.96. The molecule has 0 aromatic heterocycles. The van der Waals surface area contributed by atoms with E-state index in [4.69, 9.17) is 12.2 Å². The van der Waals surface area contributed by atoms with Crippen LogP contribution in [-0.4, -0.2) is 24.0 Å². The van der Waals surface area contributed by atoms with E-state index in [1.54, 1.807) is 0 Å². The molecule has 120 valence electrons. The van der Waals surface area contributed by atoms with Crippen molar-refractivity contribution in [3.05, 3.63) is 54.6 Å². The number of carbonyl (C=O) groups is 1. The first-order valence-corrected chi connectivity index (χ1v) is 8.07. The van der Waals surface area contributed by atoms with E-state index in [9.17, 15) is 4.79 Å². The zero-order valence-corrected chi connectivity index (χ0v) is 14.2. The fraction of sp³-hybridized carbons (Fsp3) is 0.222. The van der Waals surface area contributed by atoms with E-state index < -0.39 is 0 Å². The highest BCUT2D eigenvalue weighted by atomic mass is 32.1. The molecule has 0 unspecified atom stereocenters. The van der Waals surface area contributed by atoms with Gasteiger partial charge in [-0.05, 0) is 50.2 Å². The number of thiocarbonyl (C=S) groups is 1. The first-order valence-electron chi connectivity index (χ1n) is 7.66. The van der Waals surface area contributed by atoms with Crippen molar-refractivity contribution in [2.75, 3.05) is 28.6 Å². The Morgan fingerprint density at radius 3 is 2.04 bits per heavy atom. The zero-order valence-electron chi connectivity index (χ0n) is 13.4. The van der Waals surface area contributed by atoms with Crippen LogP contribution in [0.5, 0.6) is 0 Å². The van der Waals surface area contributed by atoms with E-state index >= 15 is 0 Å². The normalized spacial score (nSPS) is 10.0. The van der Waals surface area contributed by atoms with Gasteiger partial charge in [0.2, 0.25) is 0 Å². The predicted molar refractivity (Wildman–Crippen MR) is 101 cm³/mol. The monoisotopic (exact) mass is 327 g/mol. The second-order valence-electron chi connectivity index (χ2n) is 4.99. The van der Waals surface area contributed by atoms with E-state index in [1.807, 2.05) is 54.6 Å². The highest BCUT2D eigenvalue weighted by molar-refractivity contribution is 7.82. The topological polar surface area (TPSA) is 44.4 Å². The summed E-state index contributed by atoms with van der Waals surface area (Å²) in [6.45, 7) is 6.17. The SMILES string of the molecule is CCN(CC)c1ccc(NC(=S)C(=O)Nc2ccccc2)cc1. The highest BCUT2D eigenvalue weighted by Gasteiger charge is 2.10. The summed E-state index contributed by atoms with van der Waals surface area (Å²) in [4.78, 5) is 14.5. The number of hydrogen-bond acceptors (Lipinski definition) is 3. The van der Waals surface area contributed by atoms with Crippen LogP contribution in [0.3, 0.4) is 0 Å². The van der Waals surface area contributed by atoms with Crippen LogP contribution in [0, 0.1) is 0 Å². The smallest absolute Gasteiger partial charge is 0.283 e. The number of nitrogens with zero attached hydrogens (tertiary/aromatic N) is 1. The molecule has 2 aromatic carbocycles. The average molecular weight is 327 g/mol. The first kappa shape index (κ1) is 17.0. The molecular formula is C18H21N3OS. The van der Waals surface area contributed by atoms with E-state index in [0.717, 1.165) is 30.2 Å². The lowest BCUT2D eigenvalue weighted by molar-refractivity contribution is -0.110. The maximum Gasteiger partial charge on any atom is 0.283 e. The average Bonchev–Trinajstić information content (AvgIpc) is 2.58. The molecule has 2 rings (SSSR count). The molecule has 0 radical (unpaired) electrons. The van der Waals surface area contributed by atoms with Gasteiger partial charge in [0.15, 0.2) is 4.99 Å². The van der Waals surface area contributed by atoms with E-state index in [-0.39, 0.29) is 10.9 Å². The van der Waals surface area contributed by atoms with Crippen LogP contribution in [0.4, 0.5) is 17.1 Å². The summed E-state index contributed by atoms with van der Waals surface area (Å²) in [7, 11) is 0. The number of hydrogen-bond donors (Lipinski definition) is 2. The summed E-state index contributed by atoms with van der Waals surface area (Å²) in [5.74, 6) is -0.320. The summed E-state index contributed by atoms with van der Waals surface area (Å²) in [6, 6.07) is 17.1. The Labute approximate surface area is 142 Å². The third-order valence-electron chi connectivity index (χ3n) is 3.49. The molecule has 23 heavy (non-hydrogen) atoms. The number of anilines is 3. The number of amides is 1. The molecule has 0 atom stereocenters. The minimum Gasteiger partial charge on any atom is -0.372 e. The quantitative estimate of drug-likeness (QED) is 0.817. The van der Waals surface area contributed by atoms with Crippen molar-refractivity contribution >= 4 is 40.2 Å². The second-order valence-corrected chi connectivity index (χ2v) is 5.40. The number of carbonyl (C=O) groups excluding carboxylic acids is 1. The Hall–Kier alpha value is -2.40. The van der Waals surface area contributed by atoms with E-state index in [0.29, 0.717) is 0 Å². The minimum absolute atomic E-state index is 0.143. The Bertz CT molecular complexity index is 652. The van der Waals surface area contributed by atoms with Gasteiger partial charge in [-0.15, -0.1) is 0 Å². The van der Waals surface area contributed by atoms with Gasteiger partial charge in [-0.25, -0.2) is 0 Å². The van der Waals surface area contributed by atoms with Crippen molar-refractivity contribution in [1.82, 2.24) is 0 Å². The van der Waals surface area contributed by atoms with Gasteiger partial charge in [0, 0.05) is 30.2 Å². The Morgan fingerprint density at radius 1 is 0.913 bits per heavy atom. The van der Waals surface area contributed by atoms with Crippen molar-refractivity contribution in [3.63, 3.8) is 0 Å². The molecule has 1 amide bonds. The summed E-state index contributed by atoms with van der Waals surface area (Å²) in [6.07, 6.45) is 0. The summed E-state index contributed by atoms with van der Waals surface area (Å²) < 4.78 is 0. The Morgan fingerprint density at radius 2 is 1.48 bits per heavy atom. The van der Waals surface area contributed by atoms with Crippen molar-refractivity contribution in [2.45, 2.75) is 13.8 Å². The Kier molecular flexibility index (Phi) is 6.11. The predicted octanol–water partition coefficient (Wildman–Crippen LogP) is 3.91. The standard InChI is InChI=1S/C18H21N3OS/c1-3-21(4-2)16-12-10-15(11-13-16)20-18(23)17(22)19-14-8-6-5-7-9-14/h5-13H,3-4H2,1-2H3,(H,19,22)(H,20,23). The van der Waals surface area contributed by atoms with Crippen LogP contribution in [0.1, 0.15) is 13.8 Å². The molecule has 2 aromatic rings. The lowest BCUT2D eigenvalue weighted by Crippen LogP contribution is -2.27. The molecule has 0 bridgehead atoms. The van der Waals surface area contributed by atoms with Crippen LogP contribution < -0.4 is 15.5 Å². The van der Waals surface area contributed by atoms with Crippen molar-refractivity contribution in [3.8, 4) is 0 Å². The van der Waals surface area contributed by atoms with Gasteiger partial charge in [0.1, 0.15) is 0 Å². The van der Waals surface area contributed by atoms with Gasteiger partial charge in [0.05, 0.1) is 0 Å². The maximum absolute atomic E-state index is 12.1. The van der Waals surface area contributed by atoms with Crippen molar-refractivity contribution in [2.24, 2.45) is 0 Å². The van der Waals surface area contributed by atoms with Gasteiger partial charge >= 0.3 is 0 Å². The number of rotatable bonds is 5. The van der Waals surface area contributed by atoms with E-state index in [1.165, 1.54) is 0 Å². The molecular weight excluding hydrogens is 306 g/mol. The molecule has 5 heteroatoms. The third-order valence-corrected chi connectivity index (χ3v) is 3.78. The molecule has 0 heterocycles. The molecule has 0 saturated carbocycles. The van der Waals surface area contributed by atoms with Gasteiger partial charge < -0.3 is 15.5 Å². The lowest BCUT2D eigenvalue weighted by atomic mass is 10.2. The number of para-hydroxylation sites is 1. The van der Waals surface area contributed by atoms with Crippen LogP contribution in [-0.2, 0) is 4.79 Å². The highest BCUT2D eigenvalue weighted by Crippen LogP contribution is 2.18. The summed E-state index contributed by atoms with van der Waals surface area (Å²) in [5.41, 5.74) is 2.67. The molecule has 4 nitrogen and oxygen atoms in total. The molecule has 0 aliphatic heterocycles.